The molecule has 4 heteroatoms. The zero-order chi connectivity index (χ0) is 35.6. The maximum atomic E-state index is 11.4. The maximum Gasteiger partial charge on any atom is 0.306 e. The summed E-state index contributed by atoms with van der Waals surface area (Å²) in [5.41, 5.74) is 0. The Morgan fingerprint density at radius 1 is 0.458 bits per heavy atom. The Hall–Kier alpha value is -1.58. The highest BCUT2D eigenvalue weighted by Crippen LogP contribution is 2.18. The van der Waals surface area contributed by atoms with Crippen molar-refractivity contribution in [3.05, 3.63) is 24.3 Å². The van der Waals surface area contributed by atoms with Gasteiger partial charge in [-0.25, -0.2) is 0 Å². The zero-order valence-corrected chi connectivity index (χ0v) is 32.9. The summed E-state index contributed by atoms with van der Waals surface area (Å²) in [6.45, 7) is 9.36. The first-order valence-electron chi connectivity index (χ1n) is 21.2. The molecule has 0 aliphatic carbocycles. The van der Waals surface area contributed by atoms with Crippen molar-refractivity contribution < 1.29 is 19.4 Å². The number of carboxylic acids is 1. The van der Waals surface area contributed by atoms with E-state index in [2.05, 4.69) is 52.0 Å². The molecule has 1 unspecified atom stereocenters. The first-order chi connectivity index (χ1) is 23.5. The van der Waals surface area contributed by atoms with Crippen LogP contribution in [0.15, 0.2) is 24.3 Å². The van der Waals surface area contributed by atoms with E-state index in [1.807, 2.05) is 0 Å². The zero-order valence-electron chi connectivity index (χ0n) is 32.9. The van der Waals surface area contributed by atoms with Crippen molar-refractivity contribution in [2.24, 2.45) is 5.92 Å². The van der Waals surface area contributed by atoms with Gasteiger partial charge in [0.1, 0.15) is 0 Å². The number of allylic oxidation sites excluding steroid dienone is 4. The van der Waals surface area contributed by atoms with Crippen LogP contribution >= 0.6 is 0 Å². The fourth-order valence-corrected chi connectivity index (χ4v) is 5.87. The van der Waals surface area contributed by atoms with E-state index in [0.717, 1.165) is 57.8 Å². The molecule has 0 fully saturated rings. The third-order valence-corrected chi connectivity index (χ3v) is 9.22. The lowest BCUT2D eigenvalue weighted by molar-refractivity contribution is -0.144. The maximum absolute atomic E-state index is 11.4. The molecule has 0 spiro atoms. The molecule has 0 heterocycles. The molecule has 1 atom stereocenters. The number of hydrogen-bond donors (Lipinski definition) is 1. The third-order valence-electron chi connectivity index (χ3n) is 9.22. The smallest absolute Gasteiger partial charge is 0.306 e. The van der Waals surface area contributed by atoms with E-state index in [1.165, 1.54) is 141 Å². The Kier molecular flexibility index (Phi) is 43.9. The fraction of sp³-hybridized carbons (Fsp3) is 0.864. The van der Waals surface area contributed by atoms with Crippen molar-refractivity contribution in [2.75, 3.05) is 6.61 Å². The molecular weight excluding hydrogens is 592 g/mol. The molecule has 0 amide bonds. The Labute approximate surface area is 300 Å². The summed E-state index contributed by atoms with van der Waals surface area (Å²) in [6.07, 6.45) is 48.1. The third kappa shape index (κ3) is 42.4. The van der Waals surface area contributed by atoms with Gasteiger partial charge in [0.25, 0.3) is 0 Å². The van der Waals surface area contributed by atoms with E-state index < -0.39 is 5.97 Å². The molecule has 0 rings (SSSR count). The summed E-state index contributed by atoms with van der Waals surface area (Å²) < 4.78 is 5.15. The van der Waals surface area contributed by atoms with Crippen LogP contribution in [0, 0.1) is 5.92 Å². The Morgan fingerprint density at radius 2 is 0.812 bits per heavy atom. The summed E-state index contributed by atoms with van der Waals surface area (Å²) in [6, 6.07) is 0. The highest BCUT2D eigenvalue weighted by atomic mass is 16.5. The topological polar surface area (TPSA) is 63.6 Å². The molecule has 0 aromatic carbocycles. The largest absolute Gasteiger partial charge is 0.481 e. The number of carbonyl (C=O) groups excluding carboxylic acids is 1. The summed E-state index contributed by atoms with van der Waals surface area (Å²) >= 11 is 0. The average Bonchev–Trinajstić information content (AvgIpc) is 3.08. The molecule has 0 saturated heterocycles. The van der Waals surface area contributed by atoms with Gasteiger partial charge in [-0.2, -0.15) is 0 Å². The lowest BCUT2D eigenvalue weighted by atomic mass is 9.95. The fourth-order valence-electron chi connectivity index (χ4n) is 5.87. The Morgan fingerprint density at radius 3 is 1.23 bits per heavy atom. The van der Waals surface area contributed by atoms with Crippen LogP contribution in [0.1, 0.15) is 233 Å². The monoisotopic (exact) mass is 677 g/mol. The Balaban J connectivity index is 0. The highest BCUT2D eigenvalue weighted by molar-refractivity contribution is 5.69. The normalized spacial score (nSPS) is 12.0. The van der Waals surface area contributed by atoms with Gasteiger partial charge in [-0.1, -0.05) is 174 Å². The van der Waals surface area contributed by atoms with Gasteiger partial charge < -0.3 is 9.84 Å². The molecule has 0 radical (unpaired) electrons. The van der Waals surface area contributed by atoms with Gasteiger partial charge in [-0.15, -0.1) is 0 Å². The number of hydrogen-bond acceptors (Lipinski definition) is 3. The number of esters is 1. The molecule has 0 aliphatic heterocycles. The SMILES string of the molecule is CCCCCCCC/C=C\CCCCCCC(CCCC)C(=O)O.CCCCCCCC/C=C\CCCCCCCC(=O)OCCCC. The van der Waals surface area contributed by atoms with Crippen LogP contribution in [0.25, 0.3) is 0 Å². The van der Waals surface area contributed by atoms with Crippen molar-refractivity contribution in [2.45, 2.75) is 233 Å². The van der Waals surface area contributed by atoms with Crippen LogP contribution in [-0.2, 0) is 14.3 Å². The number of unbranched alkanes of at least 4 members (excludes halogenated alkanes) is 23. The van der Waals surface area contributed by atoms with Crippen LogP contribution in [0.5, 0.6) is 0 Å². The van der Waals surface area contributed by atoms with Gasteiger partial charge >= 0.3 is 11.9 Å². The van der Waals surface area contributed by atoms with Crippen molar-refractivity contribution in [1.82, 2.24) is 0 Å². The number of aliphatic carboxylic acids is 1. The first kappa shape index (κ1) is 48.5. The molecule has 1 N–H and O–H groups in total. The van der Waals surface area contributed by atoms with Crippen molar-refractivity contribution in [3.63, 3.8) is 0 Å². The summed E-state index contributed by atoms with van der Waals surface area (Å²) in [7, 11) is 0. The first-order valence-corrected chi connectivity index (χ1v) is 21.2. The average molecular weight is 677 g/mol. The minimum absolute atomic E-state index is 0.0129. The van der Waals surface area contributed by atoms with Gasteiger partial charge in [0, 0.05) is 6.42 Å². The van der Waals surface area contributed by atoms with Crippen LogP contribution in [0.2, 0.25) is 0 Å². The van der Waals surface area contributed by atoms with Crippen molar-refractivity contribution >= 4 is 11.9 Å². The molecule has 4 nitrogen and oxygen atoms in total. The van der Waals surface area contributed by atoms with Crippen LogP contribution in [0.3, 0.4) is 0 Å². The van der Waals surface area contributed by atoms with E-state index in [0.29, 0.717) is 13.0 Å². The highest BCUT2D eigenvalue weighted by Gasteiger charge is 2.15. The second kappa shape index (κ2) is 43.4. The van der Waals surface area contributed by atoms with Crippen LogP contribution in [-0.4, -0.2) is 23.7 Å². The van der Waals surface area contributed by atoms with Crippen molar-refractivity contribution in [1.29, 1.82) is 0 Å². The van der Waals surface area contributed by atoms with Crippen LogP contribution < -0.4 is 0 Å². The number of carbonyl (C=O) groups is 2. The number of carboxylic acid groups (broad SMARTS) is 1. The van der Waals surface area contributed by atoms with E-state index >= 15 is 0 Å². The van der Waals surface area contributed by atoms with Gasteiger partial charge in [-0.05, 0) is 77.0 Å². The minimum Gasteiger partial charge on any atom is -0.481 e. The lowest BCUT2D eigenvalue weighted by Crippen LogP contribution is -2.13. The van der Waals surface area contributed by atoms with Crippen LogP contribution in [0.4, 0.5) is 0 Å². The summed E-state index contributed by atoms with van der Waals surface area (Å²) in [5.74, 6) is -0.718. The molecule has 0 bridgehead atoms. The van der Waals surface area contributed by atoms with Gasteiger partial charge in [0.05, 0.1) is 12.5 Å². The van der Waals surface area contributed by atoms with Gasteiger partial charge in [0.15, 0.2) is 0 Å². The van der Waals surface area contributed by atoms with Crippen molar-refractivity contribution in [3.8, 4) is 0 Å². The predicted octanol–water partition coefficient (Wildman–Crippen LogP) is 14.9. The molecule has 0 aliphatic rings. The van der Waals surface area contributed by atoms with Gasteiger partial charge in [-0.3, -0.25) is 9.59 Å². The van der Waals surface area contributed by atoms with E-state index in [9.17, 15) is 14.7 Å². The van der Waals surface area contributed by atoms with E-state index in [4.69, 9.17) is 4.74 Å². The quantitative estimate of drug-likeness (QED) is 0.0407. The minimum atomic E-state index is -0.596. The molecule has 0 aromatic rings. The van der Waals surface area contributed by atoms with E-state index in [1.54, 1.807) is 0 Å². The summed E-state index contributed by atoms with van der Waals surface area (Å²) in [4.78, 5) is 22.6. The molecular formula is C44H84O4. The number of rotatable bonds is 36. The standard InChI is InChI=1S/2C22H42O2/c1-3-5-7-8-9-10-11-12-13-14-15-16-17-18-19-20-22(23)24-21-6-4-2;1-3-5-7-8-9-10-11-12-13-14-15-16-17-18-20-21(22(23)24)19-6-4-2/h12-13H,3-11,14-21H2,1-2H3;12-13,21H,3-11,14-20H2,1-2H3,(H,23,24)/b2*13-12-. The molecule has 284 valence electrons. The van der Waals surface area contributed by atoms with Gasteiger partial charge in [0.2, 0.25) is 0 Å². The van der Waals surface area contributed by atoms with E-state index in [-0.39, 0.29) is 11.9 Å². The summed E-state index contributed by atoms with van der Waals surface area (Å²) in [5, 5.41) is 9.19. The molecule has 0 aromatic heterocycles. The second-order valence-electron chi connectivity index (χ2n) is 14.1. The molecule has 48 heavy (non-hydrogen) atoms. The lowest BCUT2D eigenvalue weighted by Gasteiger charge is -2.11. The predicted molar refractivity (Wildman–Crippen MR) is 211 cm³/mol. The molecule has 0 saturated carbocycles. The Bertz CT molecular complexity index is 696. The second-order valence-corrected chi connectivity index (χ2v) is 14.1. The number of ether oxygens (including phenoxy) is 1.